The Bertz CT molecular complexity index is 1080. The van der Waals surface area contributed by atoms with Crippen LogP contribution in [-0.2, 0) is 4.79 Å². The second kappa shape index (κ2) is 9.81. The number of benzene rings is 1. The highest BCUT2D eigenvalue weighted by Gasteiger charge is 2.39. The molecule has 3 aliphatic rings. The number of likely N-dealkylation sites (N-methyl/N-ethyl adjacent to an activating group) is 1. The van der Waals surface area contributed by atoms with Gasteiger partial charge in [-0.2, -0.15) is 4.98 Å². The zero-order valence-electron chi connectivity index (χ0n) is 20.8. The van der Waals surface area contributed by atoms with E-state index >= 15 is 0 Å². The van der Waals surface area contributed by atoms with Gasteiger partial charge in [0.25, 0.3) is 5.91 Å². The van der Waals surface area contributed by atoms with Gasteiger partial charge >= 0.3 is 0 Å². The number of carbonyl (C=O) groups is 2. The number of likely N-dealkylation sites (tertiary alicyclic amines) is 1. The van der Waals surface area contributed by atoms with Crippen LogP contribution in [0.3, 0.4) is 0 Å². The lowest BCUT2D eigenvalue weighted by Gasteiger charge is -2.42. The fourth-order valence-electron chi connectivity index (χ4n) is 5.48. The Balaban J connectivity index is 1.30. The van der Waals surface area contributed by atoms with E-state index in [9.17, 15) is 9.59 Å². The maximum Gasteiger partial charge on any atom is 0.251 e. The minimum atomic E-state index is -0.249. The van der Waals surface area contributed by atoms with E-state index in [0.29, 0.717) is 17.6 Å². The highest BCUT2D eigenvalue weighted by atomic mass is 16.2. The summed E-state index contributed by atoms with van der Waals surface area (Å²) >= 11 is 0. The molecule has 0 bridgehead atoms. The molecule has 2 aliphatic heterocycles. The fourth-order valence-corrected chi connectivity index (χ4v) is 5.48. The normalized spacial score (nSPS) is 21.8. The number of anilines is 4. The molecular weight excluding hydrogens is 442 g/mol. The van der Waals surface area contributed by atoms with Crippen LogP contribution in [0.15, 0.2) is 30.5 Å². The van der Waals surface area contributed by atoms with Crippen molar-refractivity contribution in [3.05, 3.63) is 36.0 Å². The van der Waals surface area contributed by atoms with Crippen molar-refractivity contribution in [2.75, 3.05) is 42.3 Å². The first-order valence-electron chi connectivity index (χ1n) is 12.7. The number of hydrogen-bond acceptors (Lipinski definition) is 7. The second-order valence-electron chi connectivity index (χ2n) is 10.1. The summed E-state index contributed by atoms with van der Waals surface area (Å²) in [4.78, 5) is 40.9. The monoisotopic (exact) mass is 477 g/mol. The van der Waals surface area contributed by atoms with Gasteiger partial charge in [0.1, 0.15) is 11.7 Å². The third-order valence-electron chi connectivity index (χ3n) is 7.64. The molecule has 1 aromatic heterocycles. The van der Waals surface area contributed by atoms with Crippen LogP contribution in [0.2, 0.25) is 0 Å². The Labute approximate surface area is 206 Å². The lowest BCUT2D eigenvalue weighted by atomic mass is 10.0. The number of rotatable bonds is 5. The standard InChI is InChI=1S/C26H35N7O2/c1-17-25(35)32(3)22-16-27-26(30-23(22)33(17)21-6-4-5-7-21)29-19-10-8-18(9-11-19)24(34)28-20-12-14-31(2)15-13-20/h8-11,16-17,20-21H,4-7,12-15H2,1-3H3,(H,28,34)(H,27,29,30)/t17-/m1/s1. The molecule has 186 valence electrons. The molecule has 2 N–H and O–H groups in total. The predicted octanol–water partition coefficient (Wildman–Crippen LogP) is 3.16. The topological polar surface area (TPSA) is 93.7 Å². The van der Waals surface area contributed by atoms with Crippen molar-refractivity contribution in [2.45, 2.75) is 63.6 Å². The Hall–Kier alpha value is -3.20. The van der Waals surface area contributed by atoms with Crippen LogP contribution in [0.5, 0.6) is 0 Å². The van der Waals surface area contributed by atoms with E-state index in [0.717, 1.165) is 56.0 Å². The molecule has 1 atom stereocenters. The van der Waals surface area contributed by atoms with Crippen LogP contribution in [0.25, 0.3) is 0 Å². The maximum absolute atomic E-state index is 12.8. The summed E-state index contributed by atoms with van der Waals surface area (Å²) in [6.45, 7) is 3.98. The van der Waals surface area contributed by atoms with Gasteiger partial charge in [0.15, 0.2) is 5.82 Å². The summed E-state index contributed by atoms with van der Waals surface area (Å²) in [6, 6.07) is 7.70. The number of aromatic nitrogens is 2. The Morgan fingerprint density at radius 1 is 1.03 bits per heavy atom. The van der Waals surface area contributed by atoms with Crippen molar-refractivity contribution in [3.63, 3.8) is 0 Å². The summed E-state index contributed by atoms with van der Waals surface area (Å²) in [7, 11) is 3.90. The van der Waals surface area contributed by atoms with E-state index in [2.05, 4.69) is 32.5 Å². The van der Waals surface area contributed by atoms with Crippen molar-refractivity contribution in [1.29, 1.82) is 0 Å². The number of nitrogens with zero attached hydrogens (tertiary/aromatic N) is 5. The number of hydrogen-bond donors (Lipinski definition) is 2. The molecule has 9 heteroatoms. The minimum absolute atomic E-state index is 0.0370. The average molecular weight is 478 g/mol. The lowest BCUT2D eigenvalue weighted by Crippen LogP contribution is -2.54. The van der Waals surface area contributed by atoms with Crippen LogP contribution in [0, 0.1) is 0 Å². The first kappa shape index (κ1) is 23.5. The molecule has 1 aromatic carbocycles. The van der Waals surface area contributed by atoms with Crippen LogP contribution < -0.4 is 20.4 Å². The van der Waals surface area contributed by atoms with Crippen molar-refractivity contribution in [2.24, 2.45) is 0 Å². The zero-order chi connectivity index (χ0) is 24.5. The molecule has 0 spiro atoms. The molecule has 2 aromatic rings. The van der Waals surface area contributed by atoms with Crippen LogP contribution in [0.1, 0.15) is 55.8 Å². The van der Waals surface area contributed by atoms with Gasteiger partial charge in [-0.1, -0.05) is 12.8 Å². The summed E-state index contributed by atoms with van der Waals surface area (Å²) in [5, 5.41) is 6.42. The Morgan fingerprint density at radius 3 is 2.40 bits per heavy atom. The van der Waals surface area contributed by atoms with Gasteiger partial charge in [0.2, 0.25) is 11.9 Å². The van der Waals surface area contributed by atoms with Crippen molar-refractivity contribution >= 4 is 35.0 Å². The number of piperidine rings is 1. The van der Waals surface area contributed by atoms with Gasteiger partial charge in [0.05, 0.1) is 6.20 Å². The third kappa shape index (κ3) is 4.82. The van der Waals surface area contributed by atoms with Crippen molar-refractivity contribution in [1.82, 2.24) is 20.2 Å². The third-order valence-corrected chi connectivity index (χ3v) is 7.64. The molecule has 0 unspecified atom stereocenters. The number of nitrogens with one attached hydrogen (secondary N) is 2. The van der Waals surface area contributed by atoms with E-state index in [1.807, 2.05) is 31.2 Å². The number of carbonyl (C=O) groups excluding carboxylic acids is 2. The second-order valence-corrected chi connectivity index (χ2v) is 10.1. The first-order valence-corrected chi connectivity index (χ1v) is 12.7. The summed E-state index contributed by atoms with van der Waals surface area (Å²) in [5.41, 5.74) is 2.19. The van der Waals surface area contributed by atoms with Gasteiger partial charge in [-0.25, -0.2) is 4.98 Å². The minimum Gasteiger partial charge on any atom is -0.349 e. The number of fused-ring (bicyclic) bond motifs is 1. The number of amides is 2. The summed E-state index contributed by atoms with van der Waals surface area (Å²) in [6.07, 6.45) is 8.20. The van der Waals surface area contributed by atoms with Crippen LogP contribution >= 0.6 is 0 Å². The molecule has 9 nitrogen and oxygen atoms in total. The van der Waals surface area contributed by atoms with Crippen molar-refractivity contribution in [3.8, 4) is 0 Å². The molecule has 35 heavy (non-hydrogen) atoms. The zero-order valence-corrected chi connectivity index (χ0v) is 20.8. The summed E-state index contributed by atoms with van der Waals surface area (Å²) in [5.74, 6) is 1.32. The quantitative estimate of drug-likeness (QED) is 0.683. The molecule has 2 fully saturated rings. The fraction of sp³-hybridized carbons (Fsp3) is 0.538. The van der Waals surface area contributed by atoms with Crippen LogP contribution in [0.4, 0.5) is 23.1 Å². The predicted molar refractivity (Wildman–Crippen MR) is 137 cm³/mol. The van der Waals surface area contributed by atoms with Gasteiger partial charge in [0, 0.05) is 30.4 Å². The summed E-state index contributed by atoms with van der Waals surface area (Å²) < 4.78 is 0. The average Bonchev–Trinajstić information content (AvgIpc) is 3.39. The maximum atomic E-state index is 12.8. The SMILES string of the molecule is C[C@@H]1C(=O)N(C)c2cnc(Nc3ccc(C(=O)NC4CCN(C)CC4)cc3)nc2N1C1CCCC1. The van der Waals surface area contributed by atoms with E-state index in [4.69, 9.17) is 4.98 Å². The van der Waals surface area contributed by atoms with E-state index < -0.39 is 0 Å². The van der Waals surface area contributed by atoms with Crippen molar-refractivity contribution < 1.29 is 9.59 Å². The largest absolute Gasteiger partial charge is 0.349 e. The first-order chi connectivity index (χ1) is 16.9. The smallest absolute Gasteiger partial charge is 0.251 e. The van der Waals surface area contributed by atoms with E-state index in [1.54, 1.807) is 18.1 Å². The van der Waals surface area contributed by atoms with Gasteiger partial charge in [-0.15, -0.1) is 0 Å². The molecule has 2 amide bonds. The van der Waals surface area contributed by atoms with Gasteiger partial charge in [-0.05, 0) is 77.0 Å². The van der Waals surface area contributed by atoms with E-state index in [1.165, 1.54) is 12.8 Å². The van der Waals surface area contributed by atoms with Crippen LogP contribution in [-0.4, -0.2) is 72.0 Å². The molecule has 0 radical (unpaired) electrons. The molecule has 5 rings (SSSR count). The van der Waals surface area contributed by atoms with Gasteiger partial charge in [-0.3, -0.25) is 9.59 Å². The highest BCUT2D eigenvalue weighted by molar-refractivity contribution is 6.04. The Kier molecular flexibility index (Phi) is 6.60. The molecule has 1 saturated carbocycles. The molecule has 1 saturated heterocycles. The Morgan fingerprint density at radius 2 is 1.71 bits per heavy atom. The lowest BCUT2D eigenvalue weighted by molar-refractivity contribution is -0.119. The van der Waals surface area contributed by atoms with Gasteiger partial charge < -0.3 is 25.3 Å². The molecule has 3 heterocycles. The highest BCUT2D eigenvalue weighted by Crippen LogP contribution is 2.39. The van der Waals surface area contributed by atoms with E-state index in [-0.39, 0.29) is 23.9 Å². The molecular formula is C26H35N7O2. The molecule has 1 aliphatic carbocycles.